The molecule has 3 rings (SSSR count). The number of rotatable bonds is 11. The Morgan fingerprint density at radius 1 is 1.09 bits per heavy atom. The Bertz CT molecular complexity index is 1040. The minimum atomic E-state index is -1.08. The molecule has 0 saturated heterocycles. The van der Waals surface area contributed by atoms with Crippen LogP contribution in [-0.2, 0) is 25.8 Å². The van der Waals surface area contributed by atoms with Gasteiger partial charge in [-0.25, -0.2) is 4.79 Å². The van der Waals surface area contributed by atoms with Gasteiger partial charge in [0.1, 0.15) is 30.7 Å². The van der Waals surface area contributed by atoms with Crippen LogP contribution in [0.3, 0.4) is 0 Å². The SMILES string of the molecule is CO/C=C(/C(=O)O)c1ccccc1CO/N=C(/C(=N/OC)C1CC1c1ccccc1)C(C)C. The molecule has 33 heavy (non-hydrogen) atoms. The summed E-state index contributed by atoms with van der Waals surface area (Å²) in [6.07, 6.45) is 2.19. The number of carboxylic acids is 1. The van der Waals surface area contributed by atoms with Gasteiger partial charge in [-0.05, 0) is 23.5 Å². The van der Waals surface area contributed by atoms with E-state index in [0.29, 0.717) is 17.0 Å². The Morgan fingerprint density at radius 2 is 1.79 bits per heavy atom. The molecule has 2 aromatic rings. The molecule has 1 N–H and O–H groups in total. The van der Waals surface area contributed by atoms with Gasteiger partial charge < -0.3 is 19.5 Å². The number of nitrogens with zero attached hydrogens (tertiary/aromatic N) is 2. The summed E-state index contributed by atoms with van der Waals surface area (Å²) in [5, 5.41) is 18.3. The van der Waals surface area contributed by atoms with E-state index in [0.717, 1.165) is 17.8 Å². The maximum absolute atomic E-state index is 11.7. The zero-order valence-electron chi connectivity index (χ0n) is 19.4. The topological polar surface area (TPSA) is 89.7 Å². The summed E-state index contributed by atoms with van der Waals surface area (Å²) < 4.78 is 4.95. The molecular formula is C26H30N2O5. The number of hydrogen-bond acceptors (Lipinski definition) is 6. The summed E-state index contributed by atoms with van der Waals surface area (Å²) in [5.41, 5.74) is 4.05. The molecule has 2 unspecified atom stereocenters. The van der Waals surface area contributed by atoms with Gasteiger partial charge in [0.05, 0.1) is 13.4 Å². The summed E-state index contributed by atoms with van der Waals surface area (Å²) in [6.45, 7) is 4.17. The fraction of sp³-hybridized carbons (Fsp3) is 0.346. The Labute approximate surface area is 194 Å². The normalized spacial score (nSPS) is 18.8. The maximum atomic E-state index is 11.7. The van der Waals surface area contributed by atoms with Gasteiger partial charge in [-0.15, -0.1) is 0 Å². The van der Waals surface area contributed by atoms with E-state index in [2.05, 4.69) is 22.4 Å². The third-order valence-electron chi connectivity index (χ3n) is 5.52. The average Bonchev–Trinajstić information content (AvgIpc) is 3.60. The monoisotopic (exact) mass is 450 g/mol. The van der Waals surface area contributed by atoms with Crippen LogP contribution >= 0.6 is 0 Å². The van der Waals surface area contributed by atoms with Crippen molar-refractivity contribution in [3.05, 3.63) is 77.5 Å². The number of carboxylic acid groups (broad SMARTS) is 1. The molecule has 1 aliphatic rings. The lowest BCUT2D eigenvalue weighted by Crippen LogP contribution is -2.23. The molecule has 2 atom stereocenters. The van der Waals surface area contributed by atoms with E-state index in [-0.39, 0.29) is 24.0 Å². The van der Waals surface area contributed by atoms with Gasteiger partial charge in [-0.3, -0.25) is 0 Å². The summed E-state index contributed by atoms with van der Waals surface area (Å²) >= 11 is 0. The first-order valence-corrected chi connectivity index (χ1v) is 10.9. The number of benzene rings is 2. The van der Waals surface area contributed by atoms with Crippen molar-refractivity contribution in [3.8, 4) is 0 Å². The third kappa shape index (κ3) is 6.00. The number of methoxy groups -OCH3 is 1. The highest BCUT2D eigenvalue weighted by Crippen LogP contribution is 2.49. The van der Waals surface area contributed by atoms with Crippen molar-refractivity contribution in [2.75, 3.05) is 14.2 Å². The first kappa shape index (κ1) is 24.0. The van der Waals surface area contributed by atoms with Crippen LogP contribution in [0.15, 0.2) is 71.2 Å². The van der Waals surface area contributed by atoms with Gasteiger partial charge in [0, 0.05) is 17.4 Å². The third-order valence-corrected chi connectivity index (χ3v) is 5.52. The number of oxime groups is 2. The lowest BCUT2D eigenvalue weighted by molar-refractivity contribution is -0.130. The fourth-order valence-corrected chi connectivity index (χ4v) is 3.84. The van der Waals surface area contributed by atoms with E-state index in [9.17, 15) is 9.90 Å². The minimum Gasteiger partial charge on any atom is -0.503 e. The van der Waals surface area contributed by atoms with Gasteiger partial charge in [-0.2, -0.15) is 0 Å². The molecular weight excluding hydrogens is 420 g/mol. The molecule has 1 fully saturated rings. The van der Waals surface area contributed by atoms with E-state index >= 15 is 0 Å². The zero-order chi connectivity index (χ0) is 23.8. The molecule has 7 heteroatoms. The fourth-order valence-electron chi connectivity index (χ4n) is 3.84. The number of ether oxygens (including phenoxy) is 1. The van der Waals surface area contributed by atoms with E-state index < -0.39 is 5.97 Å². The molecule has 1 saturated carbocycles. The number of carbonyl (C=O) groups is 1. The van der Waals surface area contributed by atoms with Crippen LogP contribution in [0.25, 0.3) is 5.57 Å². The molecule has 0 heterocycles. The minimum absolute atomic E-state index is 0.0510. The summed E-state index contributed by atoms with van der Waals surface area (Å²) in [4.78, 5) is 22.5. The largest absolute Gasteiger partial charge is 0.503 e. The Balaban J connectivity index is 1.81. The molecule has 7 nitrogen and oxygen atoms in total. The molecule has 2 aromatic carbocycles. The average molecular weight is 451 g/mol. The predicted molar refractivity (Wildman–Crippen MR) is 128 cm³/mol. The van der Waals surface area contributed by atoms with Crippen molar-refractivity contribution < 1.29 is 24.3 Å². The first-order valence-electron chi connectivity index (χ1n) is 10.9. The van der Waals surface area contributed by atoms with E-state index in [1.807, 2.05) is 44.2 Å². The molecule has 0 spiro atoms. The highest BCUT2D eigenvalue weighted by Gasteiger charge is 2.44. The zero-order valence-corrected chi connectivity index (χ0v) is 19.4. The van der Waals surface area contributed by atoms with E-state index in [4.69, 9.17) is 14.4 Å². The van der Waals surface area contributed by atoms with Crippen LogP contribution < -0.4 is 0 Å². The lowest BCUT2D eigenvalue weighted by Gasteiger charge is -2.14. The maximum Gasteiger partial charge on any atom is 0.339 e. The van der Waals surface area contributed by atoms with Gasteiger partial charge >= 0.3 is 5.97 Å². The molecule has 0 aromatic heterocycles. The summed E-state index contributed by atoms with van der Waals surface area (Å²) in [7, 11) is 2.95. The van der Waals surface area contributed by atoms with Crippen molar-refractivity contribution in [1.82, 2.24) is 0 Å². The second-order valence-electron chi connectivity index (χ2n) is 8.15. The Hall–Kier alpha value is -3.61. The highest BCUT2D eigenvalue weighted by molar-refractivity contribution is 6.44. The quantitative estimate of drug-likeness (QED) is 0.223. The summed E-state index contributed by atoms with van der Waals surface area (Å²) in [5.74, 6) is -0.422. The van der Waals surface area contributed by atoms with Gasteiger partial charge in [-0.1, -0.05) is 78.8 Å². The summed E-state index contributed by atoms with van der Waals surface area (Å²) in [6, 6.07) is 17.5. The van der Waals surface area contributed by atoms with Crippen molar-refractivity contribution in [2.45, 2.75) is 32.8 Å². The van der Waals surface area contributed by atoms with Crippen molar-refractivity contribution in [2.24, 2.45) is 22.1 Å². The Morgan fingerprint density at radius 3 is 2.42 bits per heavy atom. The van der Waals surface area contributed by atoms with Gasteiger partial charge in [0.25, 0.3) is 0 Å². The number of aliphatic carboxylic acids is 1. The van der Waals surface area contributed by atoms with Crippen molar-refractivity contribution in [1.29, 1.82) is 0 Å². The van der Waals surface area contributed by atoms with E-state index in [1.165, 1.54) is 26.0 Å². The molecule has 0 bridgehead atoms. The molecule has 1 aliphatic carbocycles. The van der Waals surface area contributed by atoms with Crippen molar-refractivity contribution >= 4 is 23.0 Å². The molecule has 174 valence electrons. The van der Waals surface area contributed by atoms with Crippen LogP contribution in [0.1, 0.15) is 42.9 Å². The number of hydrogen-bond donors (Lipinski definition) is 1. The van der Waals surface area contributed by atoms with Gasteiger partial charge in [0.2, 0.25) is 0 Å². The van der Waals surface area contributed by atoms with Crippen LogP contribution in [0.5, 0.6) is 0 Å². The van der Waals surface area contributed by atoms with Crippen LogP contribution in [0, 0.1) is 11.8 Å². The van der Waals surface area contributed by atoms with Gasteiger partial charge in [0.15, 0.2) is 0 Å². The second kappa shape index (κ2) is 11.3. The highest BCUT2D eigenvalue weighted by atomic mass is 16.6. The molecule has 0 aliphatic heterocycles. The molecule has 0 amide bonds. The predicted octanol–water partition coefficient (Wildman–Crippen LogP) is 5.09. The second-order valence-corrected chi connectivity index (χ2v) is 8.15. The van der Waals surface area contributed by atoms with Crippen molar-refractivity contribution in [3.63, 3.8) is 0 Å². The van der Waals surface area contributed by atoms with Crippen LogP contribution in [0.2, 0.25) is 0 Å². The lowest BCUT2D eigenvalue weighted by atomic mass is 9.98. The van der Waals surface area contributed by atoms with Crippen LogP contribution in [-0.4, -0.2) is 36.7 Å². The Kier molecular flexibility index (Phi) is 8.24. The molecule has 0 radical (unpaired) electrons. The standard InChI is InChI=1S/C26H30N2O5/c1-17(2)24(25(27-32-4)22-14-21(22)18-10-6-5-7-11-18)28-33-15-19-12-8-9-13-20(19)23(16-31-3)26(29)30/h5-13,16-17,21-22H,14-15H2,1-4H3,(H,29,30)/b23-16+,27-25+,28-24+. The van der Waals surface area contributed by atoms with Crippen LogP contribution in [0.4, 0.5) is 0 Å². The first-order chi connectivity index (χ1) is 16.0. The smallest absolute Gasteiger partial charge is 0.339 e. The van der Waals surface area contributed by atoms with E-state index in [1.54, 1.807) is 12.1 Å².